The van der Waals surface area contributed by atoms with Crippen molar-refractivity contribution in [2.24, 2.45) is 0 Å². The Morgan fingerprint density at radius 2 is 2.00 bits per heavy atom. The Bertz CT molecular complexity index is 433. The van der Waals surface area contributed by atoms with Crippen molar-refractivity contribution in [3.05, 3.63) is 35.4 Å². The van der Waals surface area contributed by atoms with E-state index in [1.54, 1.807) is 0 Å². The Labute approximate surface area is 109 Å². The molecule has 1 heterocycles. The zero-order valence-corrected chi connectivity index (χ0v) is 10.8. The highest BCUT2D eigenvalue weighted by molar-refractivity contribution is 7.99. The summed E-state index contributed by atoms with van der Waals surface area (Å²) in [6.07, 6.45) is 0.613. The molecule has 1 saturated heterocycles. The van der Waals surface area contributed by atoms with Gasteiger partial charge in [0.15, 0.2) is 0 Å². The lowest BCUT2D eigenvalue weighted by Gasteiger charge is -2.26. The fourth-order valence-corrected chi connectivity index (χ4v) is 2.84. The molecule has 5 heteroatoms. The van der Waals surface area contributed by atoms with E-state index in [2.05, 4.69) is 0 Å². The number of nitrogens with zero attached hydrogens (tertiary/aromatic N) is 1. The molecule has 0 aliphatic carbocycles. The van der Waals surface area contributed by atoms with Crippen molar-refractivity contribution in [1.29, 1.82) is 0 Å². The topological polar surface area (TPSA) is 20.3 Å². The number of carbonyl (C=O) groups is 1. The van der Waals surface area contributed by atoms with Gasteiger partial charge in [-0.15, -0.1) is 0 Å². The summed E-state index contributed by atoms with van der Waals surface area (Å²) in [5, 5.41) is 0. The second-order valence-corrected chi connectivity index (χ2v) is 5.45. The predicted molar refractivity (Wildman–Crippen MR) is 68.6 cm³/mol. The number of hydrogen-bond donors (Lipinski definition) is 0. The summed E-state index contributed by atoms with van der Waals surface area (Å²) in [6, 6.07) is 3.49. The lowest BCUT2D eigenvalue weighted by atomic mass is 10.1. The molecule has 98 valence electrons. The van der Waals surface area contributed by atoms with Crippen molar-refractivity contribution in [3.63, 3.8) is 0 Å². The lowest BCUT2D eigenvalue weighted by Crippen LogP contribution is -2.38. The molecule has 0 bridgehead atoms. The zero-order valence-electron chi connectivity index (χ0n) is 9.99. The van der Waals surface area contributed by atoms with Gasteiger partial charge in [0.05, 0.1) is 0 Å². The van der Waals surface area contributed by atoms with Crippen LogP contribution in [0.25, 0.3) is 0 Å². The van der Waals surface area contributed by atoms with Gasteiger partial charge in [0.2, 0.25) is 5.91 Å². The molecule has 18 heavy (non-hydrogen) atoms. The van der Waals surface area contributed by atoms with E-state index in [-0.39, 0.29) is 12.3 Å². The molecular formula is C13H15F2NOS. The van der Waals surface area contributed by atoms with Crippen LogP contribution in [0.1, 0.15) is 12.0 Å². The normalized spacial score (nSPS) is 15.8. The molecule has 0 aromatic heterocycles. The van der Waals surface area contributed by atoms with E-state index in [1.165, 1.54) is 12.1 Å². The van der Waals surface area contributed by atoms with Crippen LogP contribution in [0, 0.1) is 11.6 Å². The first-order valence-electron chi connectivity index (χ1n) is 5.96. The molecule has 1 aliphatic heterocycles. The number of carbonyl (C=O) groups excluding carboxylic acids is 1. The second-order valence-electron chi connectivity index (χ2n) is 4.23. The van der Waals surface area contributed by atoms with Crippen molar-refractivity contribution in [2.75, 3.05) is 24.6 Å². The van der Waals surface area contributed by atoms with Gasteiger partial charge in [0.1, 0.15) is 11.6 Å². The van der Waals surface area contributed by atoms with Gasteiger partial charge in [-0.25, -0.2) is 8.78 Å². The molecule has 0 atom stereocenters. The first-order valence-corrected chi connectivity index (χ1v) is 7.12. The second kappa shape index (κ2) is 6.18. The molecule has 0 saturated carbocycles. The number of hydrogen-bond acceptors (Lipinski definition) is 2. The summed E-state index contributed by atoms with van der Waals surface area (Å²) in [7, 11) is 0. The predicted octanol–water partition coefficient (Wildman–Crippen LogP) is 2.47. The van der Waals surface area contributed by atoms with Crippen molar-refractivity contribution >= 4 is 17.7 Å². The van der Waals surface area contributed by atoms with Gasteiger partial charge in [-0.1, -0.05) is 6.07 Å². The Balaban J connectivity index is 1.88. The molecule has 1 aromatic carbocycles. The van der Waals surface area contributed by atoms with Crippen LogP contribution in [-0.2, 0) is 11.2 Å². The van der Waals surface area contributed by atoms with Crippen LogP contribution in [0.3, 0.4) is 0 Å². The summed E-state index contributed by atoms with van der Waals surface area (Å²) < 4.78 is 26.1. The fourth-order valence-electron chi connectivity index (χ4n) is 1.94. The third-order valence-electron chi connectivity index (χ3n) is 2.99. The number of thioether (sulfide) groups is 1. The first kappa shape index (κ1) is 13.3. The number of aryl methyl sites for hydroxylation is 1. The SMILES string of the molecule is O=C(CCc1ccc(F)cc1F)N1CCSCC1. The van der Waals surface area contributed by atoms with Crippen LogP contribution >= 0.6 is 11.8 Å². The van der Waals surface area contributed by atoms with Crippen LogP contribution < -0.4 is 0 Å². The van der Waals surface area contributed by atoms with Gasteiger partial charge < -0.3 is 4.90 Å². The quantitative estimate of drug-likeness (QED) is 0.841. The number of benzene rings is 1. The van der Waals surface area contributed by atoms with E-state index in [9.17, 15) is 13.6 Å². The average Bonchev–Trinajstić information content (AvgIpc) is 2.38. The third-order valence-corrected chi connectivity index (χ3v) is 3.93. The molecule has 0 radical (unpaired) electrons. The summed E-state index contributed by atoms with van der Waals surface area (Å²) in [6.45, 7) is 1.55. The minimum Gasteiger partial charge on any atom is -0.341 e. The van der Waals surface area contributed by atoms with Gasteiger partial charge in [-0.2, -0.15) is 11.8 Å². The van der Waals surface area contributed by atoms with Crippen LogP contribution in [-0.4, -0.2) is 35.4 Å². The van der Waals surface area contributed by atoms with Crippen molar-refractivity contribution < 1.29 is 13.6 Å². The maximum absolute atomic E-state index is 13.4. The van der Waals surface area contributed by atoms with E-state index in [0.717, 1.165) is 30.7 Å². The summed E-state index contributed by atoms with van der Waals surface area (Å²) in [4.78, 5) is 13.7. The summed E-state index contributed by atoms with van der Waals surface area (Å²) >= 11 is 1.84. The standard InChI is InChI=1S/C13H15F2NOS/c14-11-3-1-10(12(15)9-11)2-4-13(17)16-5-7-18-8-6-16/h1,3,9H,2,4-8H2. The van der Waals surface area contributed by atoms with E-state index in [0.29, 0.717) is 12.0 Å². The molecule has 1 aromatic rings. The molecule has 2 rings (SSSR count). The fraction of sp³-hybridized carbons (Fsp3) is 0.462. The summed E-state index contributed by atoms with van der Waals surface area (Å²) in [5.74, 6) is 0.833. The average molecular weight is 271 g/mol. The Kier molecular flexibility index (Phi) is 4.58. The Morgan fingerprint density at radius 3 is 2.67 bits per heavy atom. The van der Waals surface area contributed by atoms with E-state index >= 15 is 0 Å². The van der Waals surface area contributed by atoms with Crippen molar-refractivity contribution in [2.45, 2.75) is 12.8 Å². The van der Waals surface area contributed by atoms with Crippen LogP contribution in [0.15, 0.2) is 18.2 Å². The highest BCUT2D eigenvalue weighted by atomic mass is 32.2. The van der Waals surface area contributed by atoms with Crippen molar-refractivity contribution in [1.82, 2.24) is 4.90 Å². The summed E-state index contributed by atoms with van der Waals surface area (Å²) in [5.41, 5.74) is 0.399. The molecular weight excluding hydrogens is 256 g/mol. The first-order chi connectivity index (χ1) is 8.66. The van der Waals surface area contributed by atoms with E-state index in [4.69, 9.17) is 0 Å². The largest absolute Gasteiger partial charge is 0.341 e. The zero-order chi connectivity index (χ0) is 13.0. The number of rotatable bonds is 3. The molecule has 2 nitrogen and oxygen atoms in total. The number of amides is 1. The molecule has 0 N–H and O–H groups in total. The highest BCUT2D eigenvalue weighted by Crippen LogP contribution is 2.14. The molecule has 0 spiro atoms. The smallest absolute Gasteiger partial charge is 0.222 e. The third kappa shape index (κ3) is 3.45. The molecule has 1 aliphatic rings. The van der Waals surface area contributed by atoms with E-state index < -0.39 is 11.6 Å². The monoisotopic (exact) mass is 271 g/mol. The minimum atomic E-state index is -0.587. The van der Waals surface area contributed by atoms with Crippen LogP contribution in [0.2, 0.25) is 0 Å². The highest BCUT2D eigenvalue weighted by Gasteiger charge is 2.16. The van der Waals surface area contributed by atoms with Crippen molar-refractivity contribution in [3.8, 4) is 0 Å². The molecule has 0 unspecified atom stereocenters. The molecule has 1 fully saturated rings. The van der Waals surface area contributed by atoms with E-state index in [1.807, 2.05) is 16.7 Å². The Morgan fingerprint density at radius 1 is 1.28 bits per heavy atom. The van der Waals surface area contributed by atoms with Gasteiger partial charge >= 0.3 is 0 Å². The maximum atomic E-state index is 13.4. The van der Waals surface area contributed by atoms with Gasteiger partial charge in [-0.05, 0) is 18.1 Å². The van der Waals surface area contributed by atoms with Gasteiger partial charge in [0.25, 0.3) is 0 Å². The van der Waals surface area contributed by atoms with Crippen LogP contribution in [0.5, 0.6) is 0 Å². The van der Waals surface area contributed by atoms with Crippen LogP contribution in [0.4, 0.5) is 8.78 Å². The van der Waals surface area contributed by atoms with Gasteiger partial charge in [-0.3, -0.25) is 4.79 Å². The van der Waals surface area contributed by atoms with Gasteiger partial charge in [0, 0.05) is 37.1 Å². The minimum absolute atomic E-state index is 0.0547. The Hall–Kier alpha value is -1.10. The number of halogens is 2. The molecule has 1 amide bonds. The maximum Gasteiger partial charge on any atom is 0.222 e. The lowest BCUT2D eigenvalue weighted by molar-refractivity contribution is -0.130.